The molecule has 0 aliphatic carbocycles. The molecule has 0 atom stereocenters. The highest BCUT2D eigenvalue weighted by molar-refractivity contribution is 6.34. The summed E-state index contributed by atoms with van der Waals surface area (Å²) in [5, 5.41) is 0.676. The fourth-order valence-corrected chi connectivity index (χ4v) is 1.82. The van der Waals surface area contributed by atoms with Crippen LogP contribution >= 0.6 is 23.2 Å². The minimum Gasteiger partial charge on any atom is -0.455 e. The molecule has 2 nitrogen and oxygen atoms in total. The largest absolute Gasteiger partial charge is 0.455 e. The first-order valence-electron chi connectivity index (χ1n) is 5.28. The zero-order valence-corrected chi connectivity index (χ0v) is 11.1. The molecule has 0 aliphatic heterocycles. The van der Waals surface area contributed by atoms with E-state index in [1.54, 1.807) is 6.07 Å². The van der Waals surface area contributed by atoms with Crippen LogP contribution in [0.4, 0.5) is 14.5 Å². The highest BCUT2D eigenvalue weighted by Gasteiger charge is 2.16. The van der Waals surface area contributed by atoms with E-state index in [0.717, 1.165) is 0 Å². The highest BCUT2D eigenvalue weighted by Crippen LogP contribution is 2.37. The van der Waals surface area contributed by atoms with Crippen molar-refractivity contribution in [1.29, 1.82) is 0 Å². The van der Waals surface area contributed by atoms with Gasteiger partial charge in [-0.3, -0.25) is 0 Å². The van der Waals surface area contributed by atoms with Crippen molar-refractivity contribution in [2.75, 3.05) is 5.73 Å². The molecule has 0 saturated heterocycles. The number of nitrogens with two attached hydrogens (primary N) is 1. The van der Waals surface area contributed by atoms with Crippen molar-refractivity contribution in [1.82, 2.24) is 0 Å². The lowest BCUT2D eigenvalue weighted by atomic mass is 10.2. The third kappa shape index (κ3) is 3.28. The van der Waals surface area contributed by atoms with E-state index in [1.807, 2.05) is 0 Å². The molecule has 2 rings (SSSR count). The predicted octanol–water partition coefficient (Wildman–Crippen LogP) is 5.31. The van der Waals surface area contributed by atoms with Crippen LogP contribution in [0.2, 0.25) is 10.0 Å². The topological polar surface area (TPSA) is 35.2 Å². The van der Waals surface area contributed by atoms with Crippen LogP contribution in [-0.4, -0.2) is 0 Å². The van der Waals surface area contributed by atoms with E-state index in [1.165, 1.54) is 30.3 Å². The van der Waals surface area contributed by atoms with Gasteiger partial charge in [-0.2, -0.15) is 0 Å². The van der Waals surface area contributed by atoms with Crippen molar-refractivity contribution in [3.63, 3.8) is 0 Å². The van der Waals surface area contributed by atoms with Gasteiger partial charge in [0.2, 0.25) is 0 Å². The SMILES string of the molecule is Nc1ccc(Oc2cc(Cl)ccc2Cl)c(C(F)F)c1. The average Bonchev–Trinajstić information content (AvgIpc) is 2.35. The van der Waals surface area contributed by atoms with Crippen molar-refractivity contribution >= 4 is 28.9 Å². The van der Waals surface area contributed by atoms with E-state index >= 15 is 0 Å². The summed E-state index contributed by atoms with van der Waals surface area (Å²) in [6.07, 6.45) is -2.70. The first-order chi connectivity index (χ1) is 8.97. The lowest BCUT2D eigenvalue weighted by molar-refractivity contribution is 0.148. The van der Waals surface area contributed by atoms with Gasteiger partial charge in [0.25, 0.3) is 6.43 Å². The summed E-state index contributed by atoms with van der Waals surface area (Å²) >= 11 is 11.7. The molecule has 0 radical (unpaired) electrons. The van der Waals surface area contributed by atoms with Gasteiger partial charge in [-0.25, -0.2) is 8.78 Å². The summed E-state index contributed by atoms with van der Waals surface area (Å²) in [6.45, 7) is 0. The van der Waals surface area contributed by atoms with Gasteiger partial charge in [0.1, 0.15) is 11.5 Å². The van der Waals surface area contributed by atoms with Gasteiger partial charge >= 0.3 is 0 Å². The number of nitrogen functional groups attached to an aromatic ring is 1. The normalized spacial score (nSPS) is 10.8. The predicted molar refractivity (Wildman–Crippen MR) is 72.3 cm³/mol. The van der Waals surface area contributed by atoms with Crippen molar-refractivity contribution in [3.8, 4) is 11.5 Å². The zero-order chi connectivity index (χ0) is 14.0. The zero-order valence-electron chi connectivity index (χ0n) is 9.54. The number of ether oxygens (including phenoxy) is 1. The Labute approximate surface area is 118 Å². The molecule has 2 aromatic carbocycles. The molecule has 0 saturated carbocycles. The lowest BCUT2D eigenvalue weighted by Gasteiger charge is -2.12. The second kappa shape index (κ2) is 5.63. The summed E-state index contributed by atoms with van der Waals surface area (Å²) in [5.41, 5.74) is 5.42. The van der Waals surface area contributed by atoms with Crippen LogP contribution in [0, 0.1) is 0 Å². The maximum atomic E-state index is 12.9. The van der Waals surface area contributed by atoms with E-state index in [4.69, 9.17) is 33.7 Å². The van der Waals surface area contributed by atoms with Gasteiger partial charge in [-0.1, -0.05) is 23.2 Å². The first-order valence-corrected chi connectivity index (χ1v) is 6.03. The van der Waals surface area contributed by atoms with Crippen LogP contribution in [0.5, 0.6) is 11.5 Å². The minimum absolute atomic E-state index is 0.00614. The van der Waals surface area contributed by atoms with E-state index < -0.39 is 6.43 Å². The van der Waals surface area contributed by atoms with Gasteiger partial charge in [0, 0.05) is 16.8 Å². The van der Waals surface area contributed by atoms with E-state index in [-0.39, 0.29) is 27.8 Å². The van der Waals surface area contributed by atoms with Gasteiger partial charge in [-0.05, 0) is 30.3 Å². The molecule has 100 valence electrons. The smallest absolute Gasteiger partial charge is 0.267 e. The second-order valence-electron chi connectivity index (χ2n) is 3.77. The van der Waals surface area contributed by atoms with Crippen LogP contribution in [0.25, 0.3) is 0 Å². The van der Waals surface area contributed by atoms with E-state index in [9.17, 15) is 8.78 Å². The monoisotopic (exact) mass is 303 g/mol. The fraction of sp³-hybridized carbons (Fsp3) is 0.0769. The molecule has 0 bridgehead atoms. The number of alkyl halides is 2. The summed E-state index contributed by atoms with van der Waals surface area (Å²) in [4.78, 5) is 0. The number of hydrogen-bond acceptors (Lipinski definition) is 2. The Balaban J connectivity index is 2.40. The quantitative estimate of drug-likeness (QED) is 0.780. The van der Waals surface area contributed by atoms with Crippen LogP contribution < -0.4 is 10.5 Å². The molecule has 0 aliphatic rings. The fourth-order valence-electron chi connectivity index (χ4n) is 1.50. The molecular weight excluding hydrogens is 295 g/mol. The lowest BCUT2D eigenvalue weighted by Crippen LogP contribution is -1.95. The van der Waals surface area contributed by atoms with Crippen LogP contribution in [0.3, 0.4) is 0 Å². The van der Waals surface area contributed by atoms with Crippen LogP contribution in [-0.2, 0) is 0 Å². The van der Waals surface area contributed by atoms with Crippen molar-refractivity contribution in [2.45, 2.75) is 6.43 Å². The number of hydrogen-bond donors (Lipinski definition) is 1. The Kier molecular flexibility index (Phi) is 4.12. The molecular formula is C13H9Cl2F2NO. The van der Waals surface area contributed by atoms with Crippen LogP contribution in [0.1, 0.15) is 12.0 Å². The molecule has 0 fully saturated rings. The van der Waals surface area contributed by atoms with Gasteiger partial charge in [0.15, 0.2) is 0 Å². The third-order valence-electron chi connectivity index (χ3n) is 2.38. The van der Waals surface area contributed by atoms with Crippen LogP contribution in [0.15, 0.2) is 36.4 Å². The second-order valence-corrected chi connectivity index (χ2v) is 4.62. The molecule has 0 spiro atoms. The number of halogens is 4. The summed E-state index contributed by atoms with van der Waals surface area (Å²) in [7, 11) is 0. The summed E-state index contributed by atoms with van der Waals surface area (Å²) in [5.74, 6) is 0.203. The molecule has 0 unspecified atom stereocenters. The molecule has 6 heteroatoms. The van der Waals surface area contributed by atoms with E-state index in [2.05, 4.69) is 0 Å². The maximum Gasteiger partial charge on any atom is 0.267 e. The van der Waals surface area contributed by atoms with Crippen molar-refractivity contribution in [3.05, 3.63) is 52.0 Å². The molecule has 0 amide bonds. The number of anilines is 1. The molecule has 0 aromatic heterocycles. The highest BCUT2D eigenvalue weighted by atomic mass is 35.5. The Bertz CT molecular complexity index is 605. The number of rotatable bonds is 3. The van der Waals surface area contributed by atoms with Gasteiger partial charge in [-0.15, -0.1) is 0 Å². The maximum absolute atomic E-state index is 12.9. The van der Waals surface area contributed by atoms with Gasteiger partial charge < -0.3 is 10.5 Å². The van der Waals surface area contributed by atoms with Crippen molar-refractivity contribution < 1.29 is 13.5 Å². The first kappa shape index (κ1) is 13.9. The Morgan fingerprint density at radius 1 is 1.00 bits per heavy atom. The third-order valence-corrected chi connectivity index (χ3v) is 2.93. The summed E-state index contributed by atoms with van der Waals surface area (Å²) < 4.78 is 31.2. The Morgan fingerprint density at radius 3 is 2.42 bits per heavy atom. The Morgan fingerprint density at radius 2 is 1.74 bits per heavy atom. The minimum atomic E-state index is -2.70. The molecule has 19 heavy (non-hydrogen) atoms. The van der Waals surface area contributed by atoms with Gasteiger partial charge in [0.05, 0.1) is 10.6 Å². The number of benzene rings is 2. The molecule has 0 heterocycles. The molecule has 2 aromatic rings. The van der Waals surface area contributed by atoms with E-state index in [0.29, 0.717) is 5.02 Å². The molecule has 2 N–H and O–H groups in total. The summed E-state index contributed by atoms with van der Waals surface area (Å²) in [6, 6.07) is 8.56. The standard InChI is InChI=1S/C13H9Cl2F2NO/c14-7-1-3-10(15)12(5-7)19-11-4-2-8(18)6-9(11)13(16)17/h1-6,13H,18H2. The average molecular weight is 304 g/mol. The Hall–Kier alpha value is -1.52. The van der Waals surface area contributed by atoms with Crippen molar-refractivity contribution in [2.24, 2.45) is 0 Å².